The number of ketones is 1. The average Bonchev–Trinajstić information content (AvgIpc) is 3.00. The molecular formula is C36H64O9. The molecule has 0 aromatic heterocycles. The van der Waals surface area contributed by atoms with Gasteiger partial charge < -0.3 is 34.6 Å². The van der Waals surface area contributed by atoms with E-state index in [1.807, 2.05) is 20.8 Å². The smallest absolute Gasteiger partial charge is 0.306 e. The van der Waals surface area contributed by atoms with Crippen LogP contribution in [0, 0.1) is 29.6 Å². The molecule has 0 saturated heterocycles. The second-order valence-corrected chi connectivity index (χ2v) is 13.7. The Balaban J connectivity index is 2.75. The molecule has 11 atom stereocenters. The van der Waals surface area contributed by atoms with Gasteiger partial charge in [-0.05, 0) is 88.5 Å². The van der Waals surface area contributed by atoms with Gasteiger partial charge in [-0.2, -0.15) is 0 Å². The Kier molecular flexibility index (Phi) is 19.6. The minimum absolute atomic E-state index is 0.0585. The monoisotopic (exact) mass is 640 g/mol. The van der Waals surface area contributed by atoms with Crippen LogP contribution in [0.4, 0.5) is 0 Å². The summed E-state index contributed by atoms with van der Waals surface area (Å²) in [5.74, 6) is -1.21. The van der Waals surface area contributed by atoms with Gasteiger partial charge in [0.15, 0.2) is 0 Å². The number of rotatable bonds is 22. The summed E-state index contributed by atoms with van der Waals surface area (Å²) in [5.41, 5.74) is 2.02. The maximum absolute atomic E-state index is 13.3. The third kappa shape index (κ3) is 14.4. The van der Waals surface area contributed by atoms with Crippen LogP contribution < -0.4 is 0 Å². The van der Waals surface area contributed by atoms with Gasteiger partial charge in [0.25, 0.3) is 0 Å². The van der Waals surface area contributed by atoms with Crippen LogP contribution in [0.15, 0.2) is 23.3 Å². The van der Waals surface area contributed by atoms with Gasteiger partial charge in [0.2, 0.25) is 0 Å². The van der Waals surface area contributed by atoms with Gasteiger partial charge >= 0.3 is 5.97 Å². The maximum atomic E-state index is 13.3. The maximum Gasteiger partial charge on any atom is 0.306 e. The summed E-state index contributed by atoms with van der Waals surface area (Å²) in [5, 5.41) is 41.3. The number of hydrogen-bond acceptors (Lipinski definition) is 8. The Labute approximate surface area is 272 Å². The second-order valence-electron chi connectivity index (χ2n) is 13.7. The molecule has 0 aromatic carbocycles. The molecule has 9 heteroatoms. The van der Waals surface area contributed by atoms with Crippen LogP contribution in [0.2, 0.25) is 0 Å². The lowest BCUT2D eigenvalue weighted by Crippen LogP contribution is -2.42. The molecule has 0 radical (unpaired) electrons. The van der Waals surface area contributed by atoms with E-state index < -0.39 is 42.4 Å². The van der Waals surface area contributed by atoms with Crippen molar-refractivity contribution in [1.29, 1.82) is 0 Å². The summed E-state index contributed by atoms with van der Waals surface area (Å²) < 4.78 is 16.4. The molecule has 0 heterocycles. The molecule has 0 aliphatic heterocycles. The van der Waals surface area contributed by atoms with Crippen molar-refractivity contribution in [2.45, 2.75) is 142 Å². The van der Waals surface area contributed by atoms with E-state index in [1.54, 1.807) is 21.1 Å². The van der Waals surface area contributed by atoms with E-state index in [4.69, 9.17) is 14.2 Å². The fraction of sp³-hybridized carbons (Fsp3) is 0.833. The third-order valence-corrected chi connectivity index (χ3v) is 9.63. The normalized spacial score (nSPS) is 25.1. The van der Waals surface area contributed by atoms with Crippen LogP contribution in [0.25, 0.3) is 0 Å². The second kappa shape index (κ2) is 21.3. The van der Waals surface area contributed by atoms with Crippen molar-refractivity contribution in [3.8, 4) is 0 Å². The van der Waals surface area contributed by atoms with Crippen molar-refractivity contribution < 1.29 is 44.2 Å². The Morgan fingerprint density at radius 2 is 1.58 bits per heavy atom. The largest absolute Gasteiger partial charge is 0.481 e. The number of carbonyl (C=O) groups is 2. The Hall–Kier alpha value is -1.62. The van der Waals surface area contributed by atoms with Gasteiger partial charge in [0.1, 0.15) is 11.9 Å². The average molecular weight is 641 g/mol. The molecule has 1 saturated carbocycles. The zero-order valence-corrected chi connectivity index (χ0v) is 29.4. The van der Waals surface area contributed by atoms with Gasteiger partial charge in [0, 0.05) is 33.7 Å². The van der Waals surface area contributed by atoms with E-state index in [2.05, 4.69) is 26.0 Å². The Morgan fingerprint density at radius 1 is 0.956 bits per heavy atom. The van der Waals surface area contributed by atoms with E-state index in [0.29, 0.717) is 25.7 Å². The molecule has 45 heavy (non-hydrogen) atoms. The zero-order chi connectivity index (χ0) is 34.3. The number of allylic oxidation sites excluding steroid dienone is 3. The SMILES string of the molecule is CCCC(/C=C(\C)CC(C)CC(OC)C(O)C(CC(C)C(=O)O)OC)C(=O)CCC(C)C(O)/C(C)=C/C1CCC(O)C(OC)C1. The van der Waals surface area contributed by atoms with E-state index in [-0.39, 0.29) is 42.0 Å². The van der Waals surface area contributed by atoms with Crippen molar-refractivity contribution in [2.24, 2.45) is 29.6 Å². The number of carbonyl (C=O) groups excluding carboxylic acids is 1. The zero-order valence-electron chi connectivity index (χ0n) is 29.4. The lowest BCUT2D eigenvalue weighted by atomic mass is 9.82. The van der Waals surface area contributed by atoms with Crippen LogP contribution in [0.5, 0.6) is 0 Å². The summed E-state index contributed by atoms with van der Waals surface area (Å²) in [6.07, 6.45) is 7.30. The van der Waals surface area contributed by atoms with Crippen LogP contribution in [-0.2, 0) is 23.8 Å². The highest BCUT2D eigenvalue weighted by atomic mass is 16.5. The minimum atomic E-state index is -0.961. The van der Waals surface area contributed by atoms with Crippen LogP contribution in [0.3, 0.4) is 0 Å². The predicted molar refractivity (Wildman–Crippen MR) is 177 cm³/mol. The molecule has 0 bridgehead atoms. The first-order chi connectivity index (χ1) is 21.2. The molecule has 0 amide bonds. The third-order valence-electron chi connectivity index (χ3n) is 9.63. The number of ether oxygens (including phenoxy) is 3. The topological polar surface area (TPSA) is 143 Å². The molecule has 4 N–H and O–H groups in total. The van der Waals surface area contributed by atoms with Gasteiger partial charge in [-0.15, -0.1) is 0 Å². The number of carboxylic acids is 1. The molecule has 1 aliphatic carbocycles. The summed E-state index contributed by atoms with van der Waals surface area (Å²) in [4.78, 5) is 24.6. The molecule has 262 valence electrons. The van der Waals surface area contributed by atoms with Crippen LogP contribution >= 0.6 is 0 Å². The molecule has 0 spiro atoms. The molecule has 0 aromatic rings. The molecule has 9 nitrogen and oxygen atoms in total. The van der Waals surface area contributed by atoms with Crippen LogP contribution in [0.1, 0.15) is 106 Å². The first-order valence-corrected chi connectivity index (χ1v) is 16.9. The van der Waals surface area contributed by atoms with Crippen molar-refractivity contribution in [3.63, 3.8) is 0 Å². The van der Waals surface area contributed by atoms with Crippen LogP contribution in [-0.4, -0.2) is 90.1 Å². The Morgan fingerprint density at radius 3 is 2.13 bits per heavy atom. The van der Waals surface area contributed by atoms with Gasteiger partial charge in [-0.1, -0.05) is 51.8 Å². The number of carboxylic acid groups (broad SMARTS) is 1. The summed E-state index contributed by atoms with van der Waals surface area (Å²) >= 11 is 0. The number of hydrogen-bond donors (Lipinski definition) is 4. The molecular weight excluding hydrogens is 576 g/mol. The number of aliphatic hydroxyl groups is 3. The van der Waals surface area contributed by atoms with Crippen molar-refractivity contribution in [3.05, 3.63) is 23.3 Å². The van der Waals surface area contributed by atoms with Gasteiger partial charge in [-0.3, -0.25) is 9.59 Å². The van der Waals surface area contributed by atoms with Crippen molar-refractivity contribution >= 4 is 11.8 Å². The quantitative estimate of drug-likeness (QED) is 0.109. The summed E-state index contributed by atoms with van der Waals surface area (Å²) in [6, 6.07) is 0. The van der Waals surface area contributed by atoms with Crippen molar-refractivity contribution in [2.75, 3.05) is 21.3 Å². The first kappa shape index (κ1) is 41.4. The molecule has 1 rings (SSSR count). The summed E-state index contributed by atoms with van der Waals surface area (Å²) in [7, 11) is 4.63. The standard InChI is InChI=1S/C36H64O9/c1-10-11-28(17-22(2)16-23(3)18-32(44-8)35(40)33(45-9)20-26(6)36(41)42)29(37)14-12-24(4)34(39)25(5)19-27-13-15-30(38)31(21-27)43-7/h17,19,23-24,26-28,30-35,38-40H,10-16,18,20-21H2,1-9H3,(H,41,42)/b22-17+,25-19+. The molecule has 1 fully saturated rings. The fourth-order valence-electron chi connectivity index (χ4n) is 6.71. The number of Topliss-reactive ketones (excluding diaryl/α,β-unsaturated/α-hetero) is 1. The minimum Gasteiger partial charge on any atom is -0.481 e. The van der Waals surface area contributed by atoms with E-state index in [0.717, 1.165) is 43.3 Å². The number of aliphatic hydroxyl groups excluding tert-OH is 3. The highest BCUT2D eigenvalue weighted by Gasteiger charge is 2.32. The van der Waals surface area contributed by atoms with Crippen molar-refractivity contribution in [1.82, 2.24) is 0 Å². The predicted octanol–water partition coefficient (Wildman–Crippen LogP) is 5.74. The summed E-state index contributed by atoms with van der Waals surface area (Å²) in [6.45, 7) is 11.7. The highest BCUT2D eigenvalue weighted by Crippen LogP contribution is 2.30. The van der Waals surface area contributed by atoms with Gasteiger partial charge in [-0.25, -0.2) is 0 Å². The fourth-order valence-corrected chi connectivity index (χ4v) is 6.71. The first-order valence-electron chi connectivity index (χ1n) is 16.9. The van der Waals surface area contributed by atoms with E-state index in [1.165, 1.54) is 7.11 Å². The highest BCUT2D eigenvalue weighted by molar-refractivity contribution is 5.82. The van der Waals surface area contributed by atoms with Gasteiger partial charge in [0.05, 0.1) is 36.4 Å². The molecule has 1 aliphatic rings. The lowest BCUT2D eigenvalue weighted by molar-refractivity contribution is -0.145. The number of aliphatic carboxylic acids is 1. The van der Waals surface area contributed by atoms with E-state index >= 15 is 0 Å². The van der Waals surface area contributed by atoms with E-state index in [9.17, 15) is 30.0 Å². The number of methoxy groups -OCH3 is 3. The molecule has 11 unspecified atom stereocenters. The lowest BCUT2D eigenvalue weighted by Gasteiger charge is -2.31. The Bertz CT molecular complexity index is 931.